The second-order valence-electron chi connectivity index (χ2n) is 7.11. The fraction of sp³-hybridized carbons (Fsp3) is 0.174. The molecular weight excluding hydrogens is 389 g/mol. The first kappa shape index (κ1) is 17.6. The summed E-state index contributed by atoms with van der Waals surface area (Å²) in [6.07, 6.45) is 3.26. The van der Waals surface area contributed by atoms with Crippen molar-refractivity contribution in [3.05, 3.63) is 76.3 Å². The fourth-order valence-electron chi connectivity index (χ4n) is 3.90. The van der Waals surface area contributed by atoms with Gasteiger partial charge in [-0.25, -0.2) is 4.68 Å². The quantitative estimate of drug-likeness (QED) is 0.398. The minimum absolute atomic E-state index is 0.519. The Labute approximate surface area is 173 Å². The molecule has 5 rings (SSSR count). The van der Waals surface area contributed by atoms with E-state index >= 15 is 0 Å². The molecule has 0 saturated carbocycles. The maximum absolute atomic E-state index is 6.52. The van der Waals surface area contributed by atoms with Gasteiger partial charge in [-0.2, -0.15) is 5.10 Å². The summed E-state index contributed by atoms with van der Waals surface area (Å²) in [6, 6.07) is 20.6. The molecule has 0 amide bonds. The molecule has 0 saturated heterocycles. The lowest BCUT2D eigenvalue weighted by Gasteiger charge is -2.11. The summed E-state index contributed by atoms with van der Waals surface area (Å²) in [5.41, 5.74) is 4.16. The van der Waals surface area contributed by atoms with Crippen molar-refractivity contribution in [1.29, 1.82) is 0 Å². The van der Waals surface area contributed by atoms with E-state index in [1.54, 1.807) is 6.07 Å². The molecule has 0 spiro atoms. The van der Waals surface area contributed by atoms with Crippen LogP contribution in [0.3, 0.4) is 0 Å². The Morgan fingerprint density at radius 3 is 2.64 bits per heavy atom. The van der Waals surface area contributed by atoms with E-state index in [1.165, 1.54) is 16.3 Å². The molecule has 0 unspecified atom stereocenters. The molecule has 1 aromatic heterocycles. The summed E-state index contributed by atoms with van der Waals surface area (Å²) < 4.78 is 1.92. The van der Waals surface area contributed by atoms with E-state index in [1.807, 2.05) is 16.8 Å². The highest BCUT2D eigenvalue weighted by Gasteiger charge is 2.23. The van der Waals surface area contributed by atoms with Crippen molar-refractivity contribution in [1.82, 2.24) is 9.78 Å². The van der Waals surface area contributed by atoms with E-state index in [-0.39, 0.29) is 0 Å². The largest absolute Gasteiger partial charge is 0.370 e. The molecule has 2 heterocycles. The summed E-state index contributed by atoms with van der Waals surface area (Å²) in [5.74, 6) is 1.02. The van der Waals surface area contributed by atoms with Gasteiger partial charge in [0.05, 0.1) is 21.4 Å². The molecule has 0 bridgehead atoms. The van der Waals surface area contributed by atoms with Gasteiger partial charge in [0.2, 0.25) is 0 Å². The molecule has 3 aromatic carbocycles. The van der Waals surface area contributed by atoms with Crippen LogP contribution in [0.4, 0.5) is 5.82 Å². The van der Waals surface area contributed by atoms with Gasteiger partial charge in [0.25, 0.3) is 0 Å². The Hall–Kier alpha value is -2.49. The van der Waals surface area contributed by atoms with Gasteiger partial charge in [0.1, 0.15) is 5.82 Å². The first-order valence-electron chi connectivity index (χ1n) is 9.52. The molecule has 1 aliphatic rings. The van der Waals surface area contributed by atoms with Gasteiger partial charge in [0, 0.05) is 17.7 Å². The molecule has 0 aliphatic carbocycles. The number of nitrogens with one attached hydrogen (secondary N) is 1. The van der Waals surface area contributed by atoms with Gasteiger partial charge >= 0.3 is 0 Å². The molecule has 1 N–H and O–H groups in total. The minimum Gasteiger partial charge on any atom is -0.370 e. The third-order valence-electron chi connectivity index (χ3n) is 5.31. The number of anilines is 1. The van der Waals surface area contributed by atoms with Crippen LogP contribution in [0.25, 0.3) is 27.7 Å². The number of hydrogen-bond acceptors (Lipinski definition) is 2. The third kappa shape index (κ3) is 2.95. The van der Waals surface area contributed by atoms with E-state index in [4.69, 9.17) is 28.3 Å². The number of hydrogen-bond donors (Lipinski definition) is 1. The van der Waals surface area contributed by atoms with Crippen LogP contribution in [-0.4, -0.2) is 16.3 Å². The van der Waals surface area contributed by atoms with Crippen LogP contribution in [0.15, 0.2) is 60.7 Å². The lowest BCUT2D eigenvalue weighted by atomic mass is 10.0. The monoisotopic (exact) mass is 407 g/mol. The smallest absolute Gasteiger partial charge is 0.133 e. The van der Waals surface area contributed by atoms with Crippen LogP contribution in [-0.2, 0) is 6.42 Å². The van der Waals surface area contributed by atoms with Crippen molar-refractivity contribution in [2.24, 2.45) is 0 Å². The number of nitrogens with zero attached hydrogens (tertiary/aromatic N) is 2. The van der Waals surface area contributed by atoms with Crippen molar-refractivity contribution >= 4 is 39.8 Å². The fourth-order valence-corrected chi connectivity index (χ4v) is 4.28. The van der Waals surface area contributed by atoms with Crippen LogP contribution >= 0.6 is 23.2 Å². The maximum Gasteiger partial charge on any atom is 0.133 e. The molecule has 0 atom stereocenters. The molecule has 5 heteroatoms. The Morgan fingerprint density at radius 2 is 1.75 bits per heavy atom. The number of fused-ring (bicyclic) bond motifs is 2. The van der Waals surface area contributed by atoms with Crippen LogP contribution in [0.5, 0.6) is 0 Å². The minimum atomic E-state index is 0.519. The van der Waals surface area contributed by atoms with E-state index in [0.29, 0.717) is 10.0 Å². The number of aromatic nitrogens is 2. The molecule has 0 fully saturated rings. The zero-order valence-corrected chi connectivity index (χ0v) is 16.8. The highest BCUT2D eigenvalue weighted by molar-refractivity contribution is 6.43. The van der Waals surface area contributed by atoms with Crippen LogP contribution in [0.2, 0.25) is 10.0 Å². The summed E-state index contributed by atoms with van der Waals surface area (Å²) in [6.45, 7) is 0.925. The van der Waals surface area contributed by atoms with Gasteiger partial charge in [-0.05, 0) is 48.2 Å². The average Bonchev–Trinajstić information content (AvgIpc) is 2.90. The highest BCUT2D eigenvalue weighted by Crippen LogP contribution is 2.37. The van der Waals surface area contributed by atoms with E-state index < -0.39 is 0 Å². The molecular formula is C23H19Cl2N3. The van der Waals surface area contributed by atoms with Crippen LogP contribution in [0, 0.1) is 0 Å². The lowest BCUT2D eigenvalue weighted by molar-refractivity contribution is 0.780. The Morgan fingerprint density at radius 1 is 0.893 bits per heavy atom. The standard InChI is InChI=1S/C23H19Cl2N3/c24-19-9-5-10-20(21(19)25)28-23-18(8-3-4-13-26-23)22(27-28)17-12-11-15-6-1-2-7-16(15)14-17/h1-2,5-7,9-12,14,26H,3-4,8,13H2. The zero-order chi connectivity index (χ0) is 19.1. The summed E-state index contributed by atoms with van der Waals surface area (Å²) in [7, 11) is 0. The van der Waals surface area contributed by atoms with Crippen molar-refractivity contribution < 1.29 is 0 Å². The lowest BCUT2D eigenvalue weighted by Crippen LogP contribution is -2.07. The zero-order valence-electron chi connectivity index (χ0n) is 15.3. The maximum atomic E-state index is 6.52. The van der Waals surface area contributed by atoms with Gasteiger partial charge < -0.3 is 5.32 Å². The van der Waals surface area contributed by atoms with Crippen molar-refractivity contribution in [3.63, 3.8) is 0 Å². The van der Waals surface area contributed by atoms with Crippen molar-refractivity contribution in [2.75, 3.05) is 11.9 Å². The number of rotatable bonds is 2. The van der Waals surface area contributed by atoms with Crippen LogP contribution in [0.1, 0.15) is 18.4 Å². The third-order valence-corrected chi connectivity index (χ3v) is 6.12. The van der Waals surface area contributed by atoms with Gasteiger partial charge in [-0.1, -0.05) is 65.7 Å². The van der Waals surface area contributed by atoms with Crippen molar-refractivity contribution in [2.45, 2.75) is 19.3 Å². The molecule has 1 aliphatic heterocycles. The van der Waals surface area contributed by atoms with E-state index in [0.717, 1.165) is 48.6 Å². The van der Waals surface area contributed by atoms with Crippen molar-refractivity contribution in [3.8, 4) is 16.9 Å². The Bertz CT molecular complexity index is 1180. The molecule has 28 heavy (non-hydrogen) atoms. The summed E-state index contributed by atoms with van der Waals surface area (Å²) >= 11 is 12.8. The van der Waals surface area contributed by atoms with Crippen LogP contribution < -0.4 is 5.32 Å². The molecule has 3 nitrogen and oxygen atoms in total. The first-order chi connectivity index (χ1) is 13.7. The highest BCUT2D eigenvalue weighted by atomic mass is 35.5. The Balaban J connectivity index is 1.74. The summed E-state index contributed by atoms with van der Waals surface area (Å²) in [4.78, 5) is 0. The topological polar surface area (TPSA) is 29.9 Å². The van der Waals surface area contributed by atoms with Gasteiger partial charge in [-0.15, -0.1) is 0 Å². The van der Waals surface area contributed by atoms with Gasteiger partial charge in [0.15, 0.2) is 0 Å². The average molecular weight is 408 g/mol. The summed E-state index contributed by atoms with van der Waals surface area (Å²) in [5, 5.41) is 12.1. The van der Waals surface area contributed by atoms with E-state index in [9.17, 15) is 0 Å². The normalized spacial score (nSPS) is 13.8. The second-order valence-corrected chi connectivity index (χ2v) is 7.89. The molecule has 0 radical (unpaired) electrons. The first-order valence-corrected chi connectivity index (χ1v) is 10.3. The number of halogens is 2. The SMILES string of the molecule is Clc1cccc(-n2nc(-c3ccc4ccccc4c3)c3c2NCCCC3)c1Cl. The Kier molecular flexibility index (Phi) is 4.50. The molecule has 140 valence electrons. The number of benzene rings is 3. The van der Waals surface area contributed by atoms with Gasteiger partial charge in [-0.3, -0.25) is 0 Å². The predicted molar refractivity (Wildman–Crippen MR) is 118 cm³/mol. The van der Waals surface area contributed by atoms with E-state index in [2.05, 4.69) is 47.8 Å². The molecule has 4 aromatic rings. The second kappa shape index (κ2) is 7.16. The predicted octanol–water partition coefficient (Wildman–Crippen LogP) is 6.75.